The van der Waals surface area contributed by atoms with Gasteiger partial charge in [0.25, 0.3) is 0 Å². The van der Waals surface area contributed by atoms with Crippen LogP contribution >= 0.6 is 0 Å². The fourth-order valence-corrected chi connectivity index (χ4v) is 1.78. The fraction of sp³-hybridized carbons (Fsp3) is 0.533. The molecular formula is C15H24N2O3. The Hall–Kier alpha value is -1.75. The molecule has 1 aromatic rings. The second kappa shape index (κ2) is 9.20. The molecule has 0 saturated heterocycles. The van der Waals surface area contributed by atoms with E-state index in [0.29, 0.717) is 24.6 Å². The van der Waals surface area contributed by atoms with Crippen molar-refractivity contribution < 1.29 is 14.3 Å². The Morgan fingerprint density at radius 2 is 1.95 bits per heavy atom. The lowest BCUT2D eigenvalue weighted by atomic mass is 10.2. The minimum Gasteiger partial charge on any atom is -0.493 e. The predicted octanol–water partition coefficient (Wildman–Crippen LogP) is 1.71. The number of rotatable bonds is 9. The van der Waals surface area contributed by atoms with Gasteiger partial charge in [0.15, 0.2) is 11.5 Å². The minimum atomic E-state index is 0.0268. The molecule has 0 bridgehead atoms. The van der Waals surface area contributed by atoms with E-state index in [4.69, 9.17) is 9.47 Å². The summed E-state index contributed by atoms with van der Waals surface area (Å²) in [5, 5.41) is 5.97. The minimum absolute atomic E-state index is 0.0268. The molecule has 20 heavy (non-hydrogen) atoms. The first kappa shape index (κ1) is 16.3. The topological polar surface area (TPSA) is 59.6 Å². The zero-order valence-electron chi connectivity index (χ0n) is 12.5. The van der Waals surface area contributed by atoms with Crippen LogP contribution in [0.2, 0.25) is 0 Å². The summed E-state index contributed by atoms with van der Waals surface area (Å²) in [6.45, 7) is 3.77. The van der Waals surface area contributed by atoms with Gasteiger partial charge in [-0.1, -0.05) is 19.4 Å². The van der Waals surface area contributed by atoms with Gasteiger partial charge in [-0.3, -0.25) is 4.79 Å². The number of benzene rings is 1. The highest BCUT2D eigenvalue weighted by molar-refractivity contribution is 5.77. The molecule has 1 amide bonds. The van der Waals surface area contributed by atoms with Crippen molar-refractivity contribution in [1.82, 2.24) is 10.6 Å². The highest BCUT2D eigenvalue weighted by Crippen LogP contribution is 2.27. The molecule has 5 nitrogen and oxygen atoms in total. The SMILES string of the molecule is CCCCNC(=O)CNCc1ccc(OC)c(OC)c1. The lowest BCUT2D eigenvalue weighted by Gasteiger charge is -2.10. The van der Waals surface area contributed by atoms with E-state index in [-0.39, 0.29) is 5.91 Å². The van der Waals surface area contributed by atoms with Gasteiger partial charge in [0.2, 0.25) is 5.91 Å². The third-order valence-electron chi connectivity index (χ3n) is 2.92. The Morgan fingerprint density at radius 1 is 1.20 bits per heavy atom. The standard InChI is InChI=1S/C15H24N2O3/c1-4-5-8-17-15(18)11-16-10-12-6-7-13(19-2)14(9-12)20-3/h6-7,9,16H,4-5,8,10-11H2,1-3H3,(H,17,18). The van der Waals surface area contributed by atoms with Crippen molar-refractivity contribution in [3.63, 3.8) is 0 Å². The lowest BCUT2D eigenvalue weighted by Crippen LogP contribution is -2.34. The van der Waals surface area contributed by atoms with Crippen molar-refractivity contribution in [3.05, 3.63) is 23.8 Å². The molecule has 0 heterocycles. The average molecular weight is 280 g/mol. The smallest absolute Gasteiger partial charge is 0.233 e. The molecule has 0 aromatic heterocycles. The van der Waals surface area contributed by atoms with Crippen LogP contribution in [0.15, 0.2) is 18.2 Å². The third kappa shape index (κ3) is 5.48. The summed E-state index contributed by atoms with van der Waals surface area (Å²) in [5.74, 6) is 1.42. The third-order valence-corrected chi connectivity index (χ3v) is 2.92. The van der Waals surface area contributed by atoms with E-state index in [2.05, 4.69) is 17.6 Å². The highest BCUT2D eigenvalue weighted by Gasteiger charge is 2.05. The van der Waals surface area contributed by atoms with Crippen molar-refractivity contribution in [3.8, 4) is 11.5 Å². The van der Waals surface area contributed by atoms with E-state index >= 15 is 0 Å². The number of methoxy groups -OCH3 is 2. The molecule has 112 valence electrons. The van der Waals surface area contributed by atoms with E-state index in [1.54, 1.807) is 14.2 Å². The second-order valence-electron chi connectivity index (χ2n) is 4.50. The van der Waals surface area contributed by atoms with Gasteiger partial charge in [0, 0.05) is 13.1 Å². The van der Waals surface area contributed by atoms with E-state index in [0.717, 1.165) is 24.9 Å². The first-order chi connectivity index (χ1) is 9.71. The van der Waals surface area contributed by atoms with Crippen molar-refractivity contribution in [2.45, 2.75) is 26.3 Å². The van der Waals surface area contributed by atoms with Gasteiger partial charge in [-0.05, 0) is 24.1 Å². The highest BCUT2D eigenvalue weighted by atomic mass is 16.5. The van der Waals surface area contributed by atoms with Crippen molar-refractivity contribution >= 4 is 5.91 Å². The normalized spacial score (nSPS) is 10.2. The second-order valence-corrected chi connectivity index (χ2v) is 4.50. The number of hydrogen-bond donors (Lipinski definition) is 2. The molecule has 0 aliphatic carbocycles. The molecule has 0 atom stereocenters. The summed E-state index contributed by atoms with van der Waals surface area (Å²) >= 11 is 0. The largest absolute Gasteiger partial charge is 0.493 e. The van der Waals surface area contributed by atoms with Crippen molar-refractivity contribution in [2.75, 3.05) is 27.3 Å². The van der Waals surface area contributed by atoms with Gasteiger partial charge in [0.05, 0.1) is 20.8 Å². The van der Waals surface area contributed by atoms with Crippen LogP contribution in [0.4, 0.5) is 0 Å². The number of carbonyl (C=O) groups excluding carboxylic acids is 1. The summed E-state index contributed by atoms with van der Waals surface area (Å²) in [6, 6.07) is 5.71. The zero-order valence-corrected chi connectivity index (χ0v) is 12.5. The number of unbranched alkanes of at least 4 members (excludes halogenated alkanes) is 1. The molecule has 1 aromatic carbocycles. The lowest BCUT2D eigenvalue weighted by molar-refractivity contribution is -0.120. The van der Waals surface area contributed by atoms with Crippen LogP contribution in [0, 0.1) is 0 Å². The van der Waals surface area contributed by atoms with Gasteiger partial charge in [-0.15, -0.1) is 0 Å². The van der Waals surface area contributed by atoms with Gasteiger partial charge in [0.1, 0.15) is 0 Å². The fourth-order valence-electron chi connectivity index (χ4n) is 1.78. The number of amides is 1. The van der Waals surface area contributed by atoms with Crippen LogP contribution in [0.25, 0.3) is 0 Å². The molecule has 0 fully saturated rings. The molecule has 2 N–H and O–H groups in total. The van der Waals surface area contributed by atoms with Gasteiger partial charge in [-0.25, -0.2) is 0 Å². The summed E-state index contributed by atoms with van der Waals surface area (Å²) in [5.41, 5.74) is 1.05. The van der Waals surface area contributed by atoms with Crippen LogP contribution < -0.4 is 20.1 Å². The molecule has 1 rings (SSSR count). The summed E-state index contributed by atoms with van der Waals surface area (Å²) in [6.07, 6.45) is 2.10. The Labute approximate surface area is 120 Å². The maximum absolute atomic E-state index is 11.5. The number of nitrogens with one attached hydrogen (secondary N) is 2. The first-order valence-electron chi connectivity index (χ1n) is 6.89. The zero-order chi connectivity index (χ0) is 14.8. The molecule has 0 radical (unpaired) electrons. The average Bonchev–Trinajstić information content (AvgIpc) is 2.47. The summed E-state index contributed by atoms with van der Waals surface area (Å²) in [7, 11) is 3.21. The maximum atomic E-state index is 11.5. The predicted molar refractivity (Wildman–Crippen MR) is 79.2 cm³/mol. The quantitative estimate of drug-likeness (QED) is 0.676. The van der Waals surface area contributed by atoms with E-state index in [9.17, 15) is 4.79 Å². The molecule has 0 saturated carbocycles. The Kier molecular flexibility index (Phi) is 7.50. The molecule has 5 heteroatoms. The first-order valence-corrected chi connectivity index (χ1v) is 6.89. The monoisotopic (exact) mass is 280 g/mol. The summed E-state index contributed by atoms with van der Waals surface area (Å²) < 4.78 is 10.4. The maximum Gasteiger partial charge on any atom is 0.233 e. The van der Waals surface area contributed by atoms with Crippen LogP contribution in [0.3, 0.4) is 0 Å². The van der Waals surface area contributed by atoms with Crippen LogP contribution in [0.5, 0.6) is 11.5 Å². The van der Waals surface area contributed by atoms with Gasteiger partial charge >= 0.3 is 0 Å². The van der Waals surface area contributed by atoms with Crippen molar-refractivity contribution in [2.24, 2.45) is 0 Å². The number of carbonyl (C=O) groups is 1. The number of hydrogen-bond acceptors (Lipinski definition) is 4. The van der Waals surface area contributed by atoms with E-state index in [1.165, 1.54) is 0 Å². The molecule has 0 unspecified atom stereocenters. The van der Waals surface area contributed by atoms with Crippen molar-refractivity contribution in [1.29, 1.82) is 0 Å². The molecule has 0 aliphatic heterocycles. The van der Waals surface area contributed by atoms with E-state index in [1.807, 2.05) is 18.2 Å². The molecule has 0 spiro atoms. The summed E-state index contributed by atoms with van der Waals surface area (Å²) in [4.78, 5) is 11.5. The van der Waals surface area contributed by atoms with Crippen LogP contribution in [-0.2, 0) is 11.3 Å². The van der Waals surface area contributed by atoms with Crippen LogP contribution in [-0.4, -0.2) is 33.2 Å². The number of ether oxygens (including phenoxy) is 2. The van der Waals surface area contributed by atoms with Crippen LogP contribution in [0.1, 0.15) is 25.3 Å². The van der Waals surface area contributed by atoms with E-state index < -0.39 is 0 Å². The Bertz CT molecular complexity index is 422. The Balaban J connectivity index is 2.36. The molecule has 0 aliphatic rings. The van der Waals surface area contributed by atoms with Gasteiger partial charge in [-0.2, -0.15) is 0 Å². The molecular weight excluding hydrogens is 256 g/mol. The van der Waals surface area contributed by atoms with Gasteiger partial charge < -0.3 is 20.1 Å². The Morgan fingerprint density at radius 3 is 2.60 bits per heavy atom.